The summed E-state index contributed by atoms with van der Waals surface area (Å²) in [5.74, 6) is 0. The largest absolute Gasteiger partial charge is 0.0917 e. The Hall–Kier alpha value is -1.30. The number of allylic oxidation sites excluding steroid dienone is 4. The Kier molecular flexibility index (Phi) is 7.13. The van der Waals surface area contributed by atoms with Gasteiger partial charge in [0.1, 0.15) is 0 Å². The van der Waals surface area contributed by atoms with Crippen molar-refractivity contribution < 1.29 is 0 Å². The minimum Gasteiger partial charge on any atom is -0.0917 e. The monoisotopic (exact) mass is 228 g/mol. The van der Waals surface area contributed by atoms with Crippen molar-refractivity contribution in [1.29, 1.82) is 0 Å². The van der Waals surface area contributed by atoms with E-state index in [2.05, 4.69) is 62.4 Å². The molecule has 0 spiro atoms. The molecule has 0 saturated heterocycles. The smallest absolute Gasteiger partial charge is 0.0244 e. The number of benzene rings is 1. The van der Waals surface area contributed by atoms with Crippen molar-refractivity contribution in [1.82, 2.24) is 0 Å². The number of hydrogen-bond donors (Lipinski definition) is 0. The van der Waals surface area contributed by atoms with E-state index in [4.69, 9.17) is 0 Å². The second-order valence-electron chi connectivity index (χ2n) is 4.34. The van der Waals surface area contributed by atoms with E-state index in [-0.39, 0.29) is 0 Å². The fraction of sp³-hybridized carbons (Fsp3) is 0.412. The van der Waals surface area contributed by atoms with Gasteiger partial charge >= 0.3 is 0 Å². The van der Waals surface area contributed by atoms with E-state index in [0.29, 0.717) is 0 Å². The van der Waals surface area contributed by atoms with Gasteiger partial charge in [0.25, 0.3) is 0 Å². The molecule has 0 heterocycles. The summed E-state index contributed by atoms with van der Waals surface area (Å²) in [7, 11) is 0. The summed E-state index contributed by atoms with van der Waals surface area (Å²) in [5, 5.41) is 0. The SMILES string of the molecule is CC=CCCc1ccc(CCC=CCC)cc1. The maximum atomic E-state index is 2.28. The lowest BCUT2D eigenvalue weighted by Gasteiger charge is -2.02. The van der Waals surface area contributed by atoms with Crippen LogP contribution in [0.4, 0.5) is 0 Å². The fourth-order valence-electron chi connectivity index (χ4n) is 1.82. The molecule has 1 rings (SSSR count). The second-order valence-corrected chi connectivity index (χ2v) is 4.34. The Morgan fingerprint density at radius 3 is 1.82 bits per heavy atom. The molecular weight excluding hydrogens is 204 g/mol. The molecule has 0 atom stereocenters. The number of aryl methyl sites for hydroxylation is 2. The molecular formula is C17H24. The van der Waals surface area contributed by atoms with Crippen molar-refractivity contribution in [2.24, 2.45) is 0 Å². The van der Waals surface area contributed by atoms with E-state index >= 15 is 0 Å². The first-order valence-corrected chi connectivity index (χ1v) is 6.70. The molecule has 0 aliphatic carbocycles. The Balaban J connectivity index is 2.36. The highest BCUT2D eigenvalue weighted by Gasteiger charge is 1.93. The summed E-state index contributed by atoms with van der Waals surface area (Å²) >= 11 is 0. The average molecular weight is 228 g/mol. The summed E-state index contributed by atoms with van der Waals surface area (Å²) in [6.45, 7) is 4.25. The van der Waals surface area contributed by atoms with E-state index < -0.39 is 0 Å². The van der Waals surface area contributed by atoms with Gasteiger partial charge in [-0.05, 0) is 50.2 Å². The molecule has 1 aromatic carbocycles. The number of hydrogen-bond acceptors (Lipinski definition) is 0. The predicted octanol–water partition coefficient (Wildman–Crippen LogP) is 5.09. The highest BCUT2D eigenvalue weighted by atomic mass is 14.0. The summed E-state index contributed by atoms with van der Waals surface area (Å²) < 4.78 is 0. The normalized spacial score (nSPS) is 11.6. The van der Waals surface area contributed by atoms with Crippen LogP contribution in [0.5, 0.6) is 0 Å². The molecule has 0 bridgehead atoms. The molecule has 0 unspecified atom stereocenters. The van der Waals surface area contributed by atoms with Crippen LogP contribution in [0, 0.1) is 0 Å². The number of rotatable bonds is 7. The van der Waals surface area contributed by atoms with Crippen LogP contribution in [0.15, 0.2) is 48.6 Å². The molecule has 0 radical (unpaired) electrons. The molecule has 0 N–H and O–H groups in total. The first-order chi connectivity index (χ1) is 8.36. The van der Waals surface area contributed by atoms with Crippen molar-refractivity contribution in [3.63, 3.8) is 0 Å². The summed E-state index contributed by atoms with van der Waals surface area (Å²) in [6, 6.07) is 9.07. The third-order valence-electron chi connectivity index (χ3n) is 2.86. The van der Waals surface area contributed by atoms with Crippen molar-refractivity contribution in [3.8, 4) is 0 Å². The molecule has 0 aliphatic rings. The summed E-state index contributed by atoms with van der Waals surface area (Å²) in [6.07, 6.45) is 14.6. The zero-order valence-electron chi connectivity index (χ0n) is 11.2. The van der Waals surface area contributed by atoms with E-state index in [1.165, 1.54) is 11.1 Å². The van der Waals surface area contributed by atoms with Crippen LogP contribution < -0.4 is 0 Å². The molecule has 17 heavy (non-hydrogen) atoms. The fourth-order valence-corrected chi connectivity index (χ4v) is 1.82. The van der Waals surface area contributed by atoms with Crippen LogP contribution >= 0.6 is 0 Å². The third-order valence-corrected chi connectivity index (χ3v) is 2.86. The van der Waals surface area contributed by atoms with Gasteiger partial charge in [-0.3, -0.25) is 0 Å². The van der Waals surface area contributed by atoms with Crippen LogP contribution in [0.1, 0.15) is 44.2 Å². The van der Waals surface area contributed by atoms with E-state index in [1.54, 1.807) is 0 Å². The second kappa shape index (κ2) is 8.81. The Morgan fingerprint density at radius 2 is 1.35 bits per heavy atom. The van der Waals surface area contributed by atoms with Gasteiger partial charge < -0.3 is 0 Å². The lowest BCUT2D eigenvalue weighted by molar-refractivity contribution is 0.972. The van der Waals surface area contributed by atoms with Gasteiger partial charge in [-0.2, -0.15) is 0 Å². The first-order valence-electron chi connectivity index (χ1n) is 6.70. The molecule has 0 saturated carbocycles. The Morgan fingerprint density at radius 1 is 0.824 bits per heavy atom. The van der Waals surface area contributed by atoms with Crippen LogP contribution in [-0.2, 0) is 12.8 Å². The van der Waals surface area contributed by atoms with Crippen molar-refractivity contribution in [2.75, 3.05) is 0 Å². The van der Waals surface area contributed by atoms with Crippen LogP contribution in [0.2, 0.25) is 0 Å². The molecule has 0 heteroatoms. The topological polar surface area (TPSA) is 0 Å². The molecule has 0 amide bonds. The lowest BCUT2D eigenvalue weighted by Crippen LogP contribution is -1.87. The van der Waals surface area contributed by atoms with Gasteiger partial charge in [-0.25, -0.2) is 0 Å². The van der Waals surface area contributed by atoms with Crippen molar-refractivity contribution in [3.05, 3.63) is 59.7 Å². The maximum absolute atomic E-state index is 2.28. The van der Waals surface area contributed by atoms with Gasteiger partial charge in [0, 0.05) is 0 Å². The van der Waals surface area contributed by atoms with E-state index in [1.807, 2.05) is 0 Å². The average Bonchev–Trinajstić information content (AvgIpc) is 2.37. The molecule has 0 nitrogen and oxygen atoms in total. The third kappa shape index (κ3) is 6.11. The highest BCUT2D eigenvalue weighted by molar-refractivity contribution is 5.23. The van der Waals surface area contributed by atoms with Gasteiger partial charge in [0.05, 0.1) is 0 Å². The zero-order valence-corrected chi connectivity index (χ0v) is 11.2. The molecule has 0 aliphatic heterocycles. The van der Waals surface area contributed by atoms with Gasteiger partial charge in [-0.15, -0.1) is 0 Å². The molecule has 92 valence electrons. The minimum atomic E-state index is 1.14. The highest BCUT2D eigenvalue weighted by Crippen LogP contribution is 2.09. The summed E-state index contributed by atoms with van der Waals surface area (Å²) in [5.41, 5.74) is 2.89. The van der Waals surface area contributed by atoms with E-state index in [9.17, 15) is 0 Å². The van der Waals surface area contributed by atoms with Crippen molar-refractivity contribution >= 4 is 0 Å². The molecule has 0 aromatic heterocycles. The predicted molar refractivity (Wildman–Crippen MR) is 77.3 cm³/mol. The standard InChI is InChI=1S/C17H24/c1-3-5-7-9-11-17-14-12-16(13-15-17)10-8-6-4-2/h4-7,12-15H,3,8-11H2,1-2H3. The quantitative estimate of drug-likeness (QED) is 0.570. The van der Waals surface area contributed by atoms with Gasteiger partial charge in [-0.1, -0.05) is 55.5 Å². The Labute approximate surface area is 106 Å². The van der Waals surface area contributed by atoms with Crippen LogP contribution in [0.3, 0.4) is 0 Å². The van der Waals surface area contributed by atoms with Gasteiger partial charge in [0.2, 0.25) is 0 Å². The zero-order chi connectivity index (χ0) is 12.3. The lowest BCUT2D eigenvalue weighted by atomic mass is 10.0. The van der Waals surface area contributed by atoms with Crippen LogP contribution in [-0.4, -0.2) is 0 Å². The molecule has 0 fully saturated rings. The van der Waals surface area contributed by atoms with Crippen molar-refractivity contribution in [2.45, 2.75) is 46.0 Å². The van der Waals surface area contributed by atoms with E-state index in [0.717, 1.165) is 32.1 Å². The summed E-state index contributed by atoms with van der Waals surface area (Å²) in [4.78, 5) is 0. The maximum Gasteiger partial charge on any atom is -0.0244 e. The molecule has 1 aromatic rings. The Bertz CT molecular complexity index is 341. The van der Waals surface area contributed by atoms with Gasteiger partial charge in [0.15, 0.2) is 0 Å². The first kappa shape index (κ1) is 13.8. The van der Waals surface area contributed by atoms with Crippen LogP contribution in [0.25, 0.3) is 0 Å². The minimum absolute atomic E-state index is 1.14.